The van der Waals surface area contributed by atoms with Crippen molar-refractivity contribution in [3.63, 3.8) is 0 Å². The lowest BCUT2D eigenvalue weighted by Gasteiger charge is -2.29. The molecule has 0 heterocycles. The molecule has 1 aromatic rings. The van der Waals surface area contributed by atoms with Crippen LogP contribution in [0.2, 0.25) is 0 Å². The van der Waals surface area contributed by atoms with Crippen molar-refractivity contribution in [2.75, 3.05) is 11.4 Å². The summed E-state index contributed by atoms with van der Waals surface area (Å²) >= 11 is 0. The Labute approximate surface area is 200 Å². The summed E-state index contributed by atoms with van der Waals surface area (Å²) in [6, 6.07) is 0.241. The average molecular weight is 479 g/mol. The molecule has 11 heteroatoms. The molecule has 11 nitrogen and oxygen atoms in total. The summed E-state index contributed by atoms with van der Waals surface area (Å²) in [5, 5.41) is 11.4. The van der Waals surface area contributed by atoms with Crippen LogP contribution >= 0.6 is 0 Å². The van der Waals surface area contributed by atoms with Gasteiger partial charge < -0.3 is 22.9 Å². The molecule has 34 heavy (non-hydrogen) atoms. The third-order valence-electron chi connectivity index (χ3n) is 5.49. The molecule has 190 valence electrons. The molecule has 0 spiro atoms. The molecular weight excluding hydrogens is 440 g/mol. The number of amides is 2. The second-order valence-electron chi connectivity index (χ2n) is 9.23. The van der Waals surface area contributed by atoms with E-state index in [1.54, 1.807) is 13.8 Å². The molecule has 0 saturated carbocycles. The first kappa shape index (κ1) is 29.3. The fourth-order valence-corrected chi connectivity index (χ4v) is 3.43. The molecule has 0 saturated heterocycles. The largest absolute Gasteiger partial charge is 0.330 e. The van der Waals surface area contributed by atoms with E-state index in [4.69, 9.17) is 22.9 Å². The second-order valence-corrected chi connectivity index (χ2v) is 9.23. The Morgan fingerprint density at radius 1 is 1.00 bits per heavy atom. The second kappa shape index (κ2) is 13.2. The molecule has 0 aliphatic rings. The Kier molecular flexibility index (Phi) is 11.4. The van der Waals surface area contributed by atoms with Gasteiger partial charge in [0.15, 0.2) is 5.78 Å². The molecule has 0 aliphatic heterocycles. The van der Waals surface area contributed by atoms with Crippen LogP contribution in [-0.4, -0.2) is 47.2 Å². The number of nitrogens with zero attached hydrogens (tertiary/aromatic N) is 2. The highest BCUT2D eigenvalue weighted by Gasteiger charge is 2.35. The first-order valence-electron chi connectivity index (χ1n) is 11.5. The molecular formula is C23H38N6O5. The van der Waals surface area contributed by atoms with E-state index < -0.39 is 40.6 Å². The summed E-state index contributed by atoms with van der Waals surface area (Å²) in [6.45, 7) is 7.62. The lowest BCUT2D eigenvalue weighted by Crippen LogP contribution is -2.53. The van der Waals surface area contributed by atoms with Crippen molar-refractivity contribution >= 4 is 29.0 Å². The molecule has 1 rings (SSSR count). The maximum atomic E-state index is 13.4. The van der Waals surface area contributed by atoms with Crippen LogP contribution in [0.25, 0.3) is 0 Å². The number of carbonyl (C=O) groups excluding carboxylic acids is 3. The van der Waals surface area contributed by atoms with Crippen LogP contribution < -0.4 is 27.8 Å². The molecule has 0 aromatic heterocycles. The number of nitro benzene ring substituents is 1. The van der Waals surface area contributed by atoms with Crippen molar-refractivity contribution in [1.29, 1.82) is 0 Å². The minimum atomic E-state index is -1.06. The average Bonchev–Trinajstić information content (AvgIpc) is 2.77. The van der Waals surface area contributed by atoms with Crippen molar-refractivity contribution in [3.8, 4) is 0 Å². The van der Waals surface area contributed by atoms with Gasteiger partial charge in [-0.1, -0.05) is 34.1 Å². The Bertz CT molecular complexity index is 889. The van der Waals surface area contributed by atoms with Crippen molar-refractivity contribution < 1.29 is 19.3 Å². The van der Waals surface area contributed by atoms with Crippen molar-refractivity contribution in [2.24, 2.45) is 34.8 Å². The molecule has 0 aliphatic carbocycles. The monoisotopic (exact) mass is 478 g/mol. The quantitative estimate of drug-likeness (QED) is 0.140. The highest BCUT2D eigenvalue weighted by atomic mass is 16.6. The van der Waals surface area contributed by atoms with E-state index in [-0.39, 0.29) is 41.6 Å². The van der Waals surface area contributed by atoms with Crippen LogP contribution in [0.5, 0.6) is 0 Å². The number of carbonyl (C=O) groups is 3. The van der Waals surface area contributed by atoms with Gasteiger partial charge in [0.05, 0.1) is 34.3 Å². The summed E-state index contributed by atoms with van der Waals surface area (Å²) < 4.78 is 0. The number of anilines is 1. The van der Waals surface area contributed by atoms with Crippen LogP contribution in [0.3, 0.4) is 0 Å². The zero-order chi connectivity index (χ0) is 26.2. The van der Waals surface area contributed by atoms with Crippen LogP contribution in [0.15, 0.2) is 18.2 Å². The van der Waals surface area contributed by atoms with Gasteiger partial charge in [-0.15, -0.1) is 0 Å². The summed E-state index contributed by atoms with van der Waals surface area (Å²) in [5.41, 5.74) is 23.1. The minimum Gasteiger partial charge on any atom is -0.330 e. The van der Waals surface area contributed by atoms with Crippen LogP contribution in [0, 0.1) is 22.0 Å². The molecule has 0 bridgehead atoms. The number of non-ortho nitro benzene ring substituents is 1. The molecule has 3 unspecified atom stereocenters. The predicted molar refractivity (Wildman–Crippen MR) is 131 cm³/mol. The van der Waals surface area contributed by atoms with Gasteiger partial charge in [0.2, 0.25) is 0 Å². The first-order valence-corrected chi connectivity index (χ1v) is 11.5. The van der Waals surface area contributed by atoms with Crippen LogP contribution in [0.4, 0.5) is 11.4 Å². The Morgan fingerprint density at radius 2 is 1.59 bits per heavy atom. The smallest absolute Gasteiger partial charge is 0.270 e. The molecule has 8 N–H and O–H groups in total. The lowest BCUT2D eigenvalue weighted by molar-refractivity contribution is -0.384. The normalized spacial score (nSPS) is 14.1. The molecule has 3 atom stereocenters. The van der Waals surface area contributed by atoms with E-state index in [9.17, 15) is 24.5 Å². The third-order valence-corrected chi connectivity index (χ3v) is 5.49. The topological polar surface area (TPSA) is 202 Å². The maximum Gasteiger partial charge on any atom is 0.270 e. The lowest BCUT2D eigenvalue weighted by atomic mass is 9.93. The zero-order valence-corrected chi connectivity index (χ0v) is 20.4. The van der Waals surface area contributed by atoms with Crippen molar-refractivity contribution in [3.05, 3.63) is 33.9 Å². The van der Waals surface area contributed by atoms with E-state index in [1.807, 2.05) is 13.8 Å². The van der Waals surface area contributed by atoms with Gasteiger partial charge in [-0.2, -0.15) is 0 Å². The van der Waals surface area contributed by atoms with E-state index >= 15 is 0 Å². The fourth-order valence-electron chi connectivity index (χ4n) is 3.43. The van der Waals surface area contributed by atoms with E-state index in [0.717, 1.165) is 17.0 Å². The number of hydrogen-bond donors (Lipinski definition) is 4. The Morgan fingerprint density at radius 3 is 2.09 bits per heavy atom. The SMILES string of the molecule is CC(C)CC(N)C(=O)N(C(=O)C(N)CCCCN)c1ccc([N+](=O)[O-])cc1C(=O)C(N)C(C)C. The van der Waals surface area contributed by atoms with Gasteiger partial charge in [-0.05, 0) is 43.7 Å². The van der Waals surface area contributed by atoms with E-state index in [0.29, 0.717) is 19.4 Å². The number of nitro groups is 1. The number of benzene rings is 1. The van der Waals surface area contributed by atoms with Gasteiger partial charge in [-0.3, -0.25) is 24.5 Å². The van der Waals surface area contributed by atoms with Crippen LogP contribution in [0.1, 0.15) is 63.7 Å². The Hall–Kier alpha value is -2.73. The molecule has 1 aromatic carbocycles. The number of imide groups is 1. The van der Waals surface area contributed by atoms with Crippen LogP contribution in [-0.2, 0) is 9.59 Å². The number of nitrogens with two attached hydrogens (primary N) is 4. The molecule has 2 amide bonds. The van der Waals surface area contributed by atoms with Crippen molar-refractivity contribution in [1.82, 2.24) is 0 Å². The standard InChI is InChI=1S/C23H38N6O5/c1-13(2)11-18(26)23(32)28(22(31)17(25)7-5-6-10-24)19-9-8-15(29(33)34)12-16(19)21(30)20(27)14(3)4/h8-9,12-14,17-18,20H,5-7,10-11,24-27H2,1-4H3. The van der Waals surface area contributed by atoms with E-state index in [1.165, 1.54) is 6.07 Å². The number of unbranched alkanes of at least 4 members (excludes halogenated alkanes) is 1. The van der Waals surface area contributed by atoms with Gasteiger partial charge in [-0.25, -0.2) is 4.90 Å². The number of rotatable bonds is 13. The minimum absolute atomic E-state index is 0.0569. The summed E-state index contributed by atoms with van der Waals surface area (Å²) in [5.74, 6) is -2.35. The van der Waals surface area contributed by atoms with E-state index in [2.05, 4.69) is 0 Å². The number of Topliss-reactive ketones (excluding diaryl/α,β-unsaturated/α-hetero) is 1. The summed E-state index contributed by atoms with van der Waals surface area (Å²) in [6.07, 6.45) is 1.76. The highest BCUT2D eigenvalue weighted by molar-refractivity contribution is 6.21. The maximum absolute atomic E-state index is 13.4. The van der Waals surface area contributed by atoms with Crippen molar-refractivity contribution in [2.45, 2.75) is 71.5 Å². The molecule has 0 fully saturated rings. The number of ketones is 1. The zero-order valence-electron chi connectivity index (χ0n) is 20.4. The van der Waals surface area contributed by atoms with Gasteiger partial charge in [0.1, 0.15) is 0 Å². The summed E-state index contributed by atoms with van der Waals surface area (Å²) in [7, 11) is 0. The predicted octanol–water partition coefficient (Wildman–Crippen LogP) is 1.45. The first-order chi connectivity index (χ1) is 15.8. The third kappa shape index (κ3) is 7.66. The Balaban J connectivity index is 3.66. The van der Waals surface area contributed by atoms with Gasteiger partial charge in [0.25, 0.3) is 17.5 Å². The summed E-state index contributed by atoms with van der Waals surface area (Å²) in [4.78, 5) is 51.5. The van der Waals surface area contributed by atoms with Gasteiger partial charge >= 0.3 is 0 Å². The molecule has 0 radical (unpaired) electrons. The van der Waals surface area contributed by atoms with Gasteiger partial charge in [0, 0.05) is 12.1 Å². The number of hydrogen-bond acceptors (Lipinski definition) is 9. The highest BCUT2D eigenvalue weighted by Crippen LogP contribution is 2.29. The fraction of sp³-hybridized carbons (Fsp3) is 0.609.